The molecule has 0 aliphatic heterocycles. The van der Waals surface area contributed by atoms with E-state index in [9.17, 15) is 4.79 Å². The van der Waals surface area contributed by atoms with E-state index < -0.39 is 0 Å². The van der Waals surface area contributed by atoms with E-state index in [0.29, 0.717) is 23.9 Å². The summed E-state index contributed by atoms with van der Waals surface area (Å²) in [6, 6.07) is 7.40. The van der Waals surface area contributed by atoms with E-state index in [1.54, 1.807) is 0 Å². The fourth-order valence-electron chi connectivity index (χ4n) is 3.06. The predicted molar refractivity (Wildman–Crippen MR) is 82.7 cm³/mol. The zero-order valence-corrected chi connectivity index (χ0v) is 12.7. The monoisotopic (exact) mass is 294 g/mol. The molecule has 3 nitrogen and oxygen atoms in total. The molecule has 2 unspecified atom stereocenters. The van der Waals surface area contributed by atoms with Gasteiger partial charge in [-0.2, -0.15) is 0 Å². The lowest BCUT2D eigenvalue weighted by molar-refractivity contribution is -0.123. The molecule has 1 aromatic rings. The fourth-order valence-corrected chi connectivity index (χ4v) is 3.19. The highest BCUT2D eigenvalue weighted by molar-refractivity contribution is 6.30. The van der Waals surface area contributed by atoms with Crippen molar-refractivity contribution in [3.8, 4) is 0 Å². The second-order valence-electron chi connectivity index (χ2n) is 5.86. The molecule has 0 saturated heterocycles. The van der Waals surface area contributed by atoms with Crippen molar-refractivity contribution in [2.75, 3.05) is 6.54 Å². The number of nitrogens with two attached hydrogens (primary N) is 1. The molecule has 110 valence electrons. The Kier molecular flexibility index (Phi) is 5.06. The van der Waals surface area contributed by atoms with Crippen LogP contribution in [0.1, 0.15) is 38.2 Å². The Morgan fingerprint density at radius 2 is 2.10 bits per heavy atom. The third-order valence-corrected chi connectivity index (χ3v) is 4.74. The molecule has 20 heavy (non-hydrogen) atoms. The zero-order chi connectivity index (χ0) is 14.6. The first-order valence-electron chi connectivity index (χ1n) is 7.31. The average Bonchev–Trinajstić information content (AvgIpc) is 2.44. The van der Waals surface area contributed by atoms with Gasteiger partial charge in [0.1, 0.15) is 0 Å². The molecule has 0 spiro atoms. The number of carbonyl (C=O) groups excluding carboxylic acids is 1. The SMILES string of the molecule is CC1CCCCC1(CN)NC(=O)Cc1ccc(Cl)cc1. The maximum Gasteiger partial charge on any atom is 0.224 e. The van der Waals surface area contributed by atoms with Crippen LogP contribution in [0.15, 0.2) is 24.3 Å². The van der Waals surface area contributed by atoms with Crippen molar-refractivity contribution in [2.24, 2.45) is 11.7 Å². The Morgan fingerprint density at radius 3 is 2.70 bits per heavy atom. The summed E-state index contributed by atoms with van der Waals surface area (Å²) in [6.45, 7) is 2.70. The molecule has 2 atom stereocenters. The first kappa shape index (κ1) is 15.3. The molecular formula is C16H23ClN2O. The van der Waals surface area contributed by atoms with Gasteiger partial charge in [-0.05, 0) is 36.5 Å². The van der Waals surface area contributed by atoms with E-state index in [0.717, 1.165) is 24.8 Å². The fraction of sp³-hybridized carbons (Fsp3) is 0.562. The smallest absolute Gasteiger partial charge is 0.224 e. The van der Waals surface area contributed by atoms with E-state index >= 15 is 0 Å². The summed E-state index contributed by atoms with van der Waals surface area (Å²) in [6.07, 6.45) is 4.87. The number of rotatable bonds is 4. The van der Waals surface area contributed by atoms with E-state index in [1.165, 1.54) is 6.42 Å². The van der Waals surface area contributed by atoms with Crippen LogP contribution in [0.5, 0.6) is 0 Å². The largest absolute Gasteiger partial charge is 0.349 e. The highest BCUT2D eigenvalue weighted by atomic mass is 35.5. The number of amides is 1. The standard InChI is InChI=1S/C16H23ClN2O/c1-12-4-2-3-9-16(12,11-18)19-15(20)10-13-5-7-14(17)8-6-13/h5-8,12H,2-4,9-11,18H2,1H3,(H,19,20). The molecule has 0 radical (unpaired) electrons. The molecule has 4 heteroatoms. The van der Waals surface area contributed by atoms with Gasteiger partial charge in [-0.15, -0.1) is 0 Å². The van der Waals surface area contributed by atoms with E-state index in [2.05, 4.69) is 12.2 Å². The highest BCUT2D eigenvalue weighted by Gasteiger charge is 2.38. The number of benzene rings is 1. The lowest BCUT2D eigenvalue weighted by atomic mass is 9.73. The molecule has 3 N–H and O–H groups in total. The minimum Gasteiger partial charge on any atom is -0.349 e. The van der Waals surface area contributed by atoms with E-state index in [4.69, 9.17) is 17.3 Å². The number of halogens is 1. The van der Waals surface area contributed by atoms with Crippen LogP contribution in [0.4, 0.5) is 0 Å². The third-order valence-electron chi connectivity index (χ3n) is 4.48. The topological polar surface area (TPSA) is 55.1 Å². The Labute approximate surface area is 125 Å². The number of nitrogens with one attached hydrogen (secondary N) is 1. The van der Waals surface area contributed by atoms with E-state index in [-0.39, 0.29) is 11.4 Å². The van der Waals surface area contributed by atoms with Gasteiger partial charge in [0, 0.05) is 11.6 Å². The van der Waals surface area contributed by atoms with Crippen LogP contribution in [-0.4, -0.2) is 18.0 Å². The summed E-state index contributed by atoms with van der Waals surface area (Å²) in [5.74, 6) is 0.488. The first-order chi connectivity index (χ1) is 9.55. The predicted octanol–water partition coefficient (Wildman–Crippen LogP) is 2.91. The second kappa shape index (κ2) is 6.59. The first-order valence-corrected chi connectivity index (χ1v) is 7.69. The van der Waals surface area contributed by atoms with Gasteiger partial charge in [0.25, 0.3) is 0 Å². The Morgan fingerprint density at radius 1 is 1.40 bits per heavy atom. The van der Waals surface area contributed by atoms with Gasteiger partial charge < -0.3 is 11.1 Å². The number of hydrogen-bond donors (Lipinski definition) is 2. The van der Waals surface area contributed by atoms with Gasteiger partial charge >= 0.3 is 0 Å². The van der Waals surface area contributed by atoms with Gasteiger partial charge in [0.2, 0.25) is 5.91 Å². The van der Waals surface area contributed by atoms with Crippen LogP contribution in [0.2, 0.25) is 5.02 Å². The van der Waals surface area contributed by atoms with Crippen LogP contribution in [-0.2, 0) is 11.2 Å². The maximum atomic E-state index is 12.3. The molecule has 1 fully saturated rings. The summed E-state index contributed by atoms with van der Waals surface area (Å²) >= 11 is 5.85. The van der Waals surface area contributed by atoms with Crippen molar-refractivity contribution in [1.29, 1.82) is 0 Å². The summed E-state index contributed by atoms with van der Waals surface area (Å²) in [5.41, 5.74) is 6.71. The van der Waals surface area contributed by atoms with Crippen molar-refractivity contribution in [2.45, 2.75) is 44.6 Å². The molecule has 1 aliphatic carbocycles. The quantitative estimate of drug-likeness (QED) is 0.897. The van der Waals surface area contributed by atoms with Gasteiger partial charge in [-0.25, -0.2) is 0 Å². The van der Waals surface area contributed by atoms with Crippen molar-refractivity contribution in [1.82, 2.24) is 5.32 Å². The zero-order valence-electron chi connectivity index (χ0n) is 12.0. The molecule has 0 heterocycles. The van der Waals surface area contributed by atoms with Crippen molar-refractivity contribution in [3.05, 3.63) is 34.9 Å². The Balaban J connectivity index is 2.00. The van der Waals surface area contributed by atoms with Crippen LogP contribution < -0.4 is 11.1 Å². The second-order valence-corrected chi connectivity index (χ2v) is 6.29. The van der Waals surface area contributed by atoms with Crippen molar-refractivity contribution in [3.63, 3.8) is 0 Å². The van der Waals surface area contributed by atoms with Gasteiger partial charge in [-0.3, -0.25) is 4.79 Å². The molecule has 0 bridgehead atoms. The molecule has 2 rings (SSSR count). The lowest BCUT2D eigenvalue weighted by Gasteiger charge is -2.42. The summed E-state index contributed by atoms with van der Waals surface area (Å²) in [4.78, 5) is 12.3. The summed E-state index contributed by atoms with van der Waals surface area (Å²) < 4.78 is 0. The molecule has 1 amide bonds. The van der Waals surface area contributed by atoms with Gasteiger partial charge in [0.15, 0.2) is 0 Å². The van der Waals surface area contributed by atoms with Crippen LogP contribution in [0.25, 0.3) is 0 Å². The lowest BCUT2D eigenvalue weighted by Crippen LogP contribution is -2.59. The summed E-state index contributed by atoms with van der Waals surface area (Å²) in [5, 5.41) is 3.89. The summed E-state index contributed by atoms with van der Waals surface area (Å²) in [7, 11) is 0. The average molecular weight is 295 g/mol. The van der Waals surface area contributed by atoms with Crippen molar-refractivity contribution >= 4 is 17.5 Å². The molecule has 1 aliphatic rings. The molecule has 1 aromatic carbocycles. The molecule has 1 saturated carbocycles. The van der Waals surface area contributed by atoms with Crippen LogP contribution in [0, 0.1) is 5.92 Å². The van der Waals surface area contributed by atoms with Gasteiger partial charge in [0.05, 0.1) is 12.0 Å². The van der Waals surface area contributed by atoms with Crippen LogP contribution >= 0.6 is 11.6 Å². The Hall–Kier alpha value is -1.06. The maximum absolute atomic E-state index is 12.3. The normalized spacial score (nSPS) is 26.2. The number of hydrogen-bond acceptors (Lipinski definition) is 2. The minimum atomic E-state index is -0.220. The highest BCUT2D eigenvalue weighted by Crippen LogP contribution is 2.32. The van der Waals surface area contributed by atoms with Crippen molar-refractivity contribution < 1.29 is 4.79 Å². The Bertz CT molecular complexity index is 460. The minimum absolute atomic E-state index is 0.0477. The molecular weight excluding hydrogens is 272 g/mol. The van der Waals surface area contributed by atoms with Crippen LogP contribution in [0.3, 0.4) is 0 Å². The number of carbonyl (C=O) groups is 1. The van der Waals surface area contributed by atoms with Gasteiger partial charge in [-0.1, -0.05) is 43.5 Å². The van der Waals surface area contributed by atoms with E-state index in [1.807, 2.05) is 24.3 Å². The molecule has 0 aromatic heterocycles. The third kappa shape index (κ3) is 3.53.